The van der Waals surface area contributed by atoms with Gasteiger partial charge in [0.1, 0.15) is 12.6 Å². The van der Waals surface area contributed by atoms with E-state index in [1.807, 2.05) is 82.3 Å². The SMILES string of the molecule is COc1ccc(S(=O)(=O)N(CC(=O)N(Cc2ccccc2C)[C@H](Cc2ccccc2)C(=O)NC(C)(C)C)c2ccc(Cl)cc2)cc1OC. The Balaban J connectivity index is 1.85. The first-order chi connectivity index (χ1) is 22.7. The Labute approximate surface area is 288 Å². The standard InChI is InChI=1S/C37H42ClN3O6S/c1-26-12-10-11-15-28(26)24-40(32(36(43)39-37(2,3)4)22-27-13-8-7-9-14-27)35(42)25-41(30-18-16-29(38)17-19-30)48(44,45)31-20-21-33(46-5)34(23-31)47-6/h7-21,23,32H,22,24-25H2,1-6H3,(H,39,43)/t32-/m1/s1. The molecule has 0 heterocycles. The highest BCUT2D eigenvalue weighted by Gasteiger charge is 2.36. The van der Waals surface area contributed by atoms with E-state index in [4.69, 9.17) is 21.1 Å². The number of anilines is 1. The summed E-state index contributed by atoms with van der Waals surface area (Å²) in [5, 5.41) is 3.44. The number of sulfonamides is 1. The number of hydrogen-bond acceptors (Lipinski definition) is 6. The second-order valence-corrected chi connectivity index (χ2v) is 14.7. The smallest absolute Gasteiger partial charge is 0.264 e. The molecule has 0 spiro atoms. The van der Waals surface area contributed by atoms with Gasteiger partial charge in [-0.1, -0.05) is 66.2 Å². The maximum Gasteiger partial charge on any atom is 0.264 e. The van der Waals surface area contributed by atoms with E-state index in [0.29, 0.717) is 10.8 Å². The lowest BCUT2D eigenvalue weighted by Crippen LogP contribution is -2.56. The number of amides is 2. The summed E-state index contributed by atoms with van der Waals surface area (Å²) >= 11 is 6.17. The van der Waals surface area contributed by atoms with Crippen LogP contribution in [0.25, 0.3) is 0 Å². The average Bonchev–Trinajstić information content (AvgIpc) is 3.05. The fourth-order valence-corrected chi connectivity index (χ4v) is 6.77. The quantitative estimate of drug-likeness (QED) is 0.174. The molecule has 11 heteroatoms. The second-order valence-electron chi connectivity index (χ2n) is 12.4. The van der Waals surface area contributed by atoms with E-state index in [0.717, 1.165) is 21.0 Å². The van der Waals surface area contributed by atoms with Gasteiger partial charge >= 0.3 is 0 Å². The van der Waals surface area contributed by atoms with Gasteiger partial charge in [-0.3, -0.25) is 13.9 Å². The summed E-state index contributed by atoms with van der Waals surface area (Å²) in [5.41, 5.74) is 2.24. The molecule has 0 fully saturated rings. The fourth-order valence-electron chi connectivity index (χ4n) is 5.22. The summed E-state index contributed by atoms with van der Waals surface area (Å²) < 4.78 is 40.5. The topological polar surface area (TPSA) is 105 Å². The molecular weight excluding hydrogens is 650 g/mol. The van der Waals surface area contributed by atoms with Crippen LogP contribution in [-0.4, -0.2) is 57.5 Å². The maximum absolute atomic E-state index is 14.7. The number of hydrogen-bond donors (Lipinski definition) is 1. The highest BCUT2D eigenvalue weighted by Crippen LogP contribution is 2.33. The van der Waals surface area contributed by atoms with E-state index in [-0.39, 0.29) is 35.2 Å². The monoisotopic (exact) mass is 691 g/mol. The predicted octanol–water partition coefficient (Wildman–Crippen LogP) is 6.42. The lowest BCUT2D eigenvalue weighted by Gasteiger charge is -2.35. The number of nitrogens with one attached hydrogen (secondary N) is 1. The summed E-state index contributed by atoms with van der Waals surface area (Å²) in [6.07, 6.45) is 0.212. The van der Waals surface area contributed by atoms with Crippen molar-refractivity contribution in [2.75, 3.05) is 25.1 Å². The third-order valence-corrected chi connectivity index (χ3v) is 9.73. The number of ether oxygens (including phenoxy) is 2. The van der Waals surface area contributed by atoms with Crippen molar-refractivity contribution in [3.05, 3.63) is 119 Å². The Kier molecular flexibility index (Phi) is 11.8. The van der Waals surface area contributed by atoms with E-state index in [9.17, 15) is 18.0 Å². The van der Waals surface area contributed by atoms with Crippen LogP contribution in [0.1, 0.15) is 37.5 Å². The van der Waals surface area contributed by atoms with E-state index >= 15 is 0 Å². The average molecular weight is 692 g/mol. The molecule has 0 saturated carbocycles. The molecule has 0 aliphatic heterocycles. The predicted molar refractivity (Wildman–Crippen MR) is 189 cm³/mol. The number of benzene rings is 4. The zero-order chi connectivity index (χ0) is 35.1. The Hall–Kier alpha value is -4.54. The summed E-state index contributed by atoms with van der Waals surface area (Å²) in [7, 11) is -1.50. The number of carbonyl (C=O) groups excluding carboxylic acids is 2. The molecule has 9 nitrogen and oxygen atoms in total. The molecule has 4 rings (SSSR count). The highest BCUT2D eigenvalue weighted by atomic mass is 35.5. The molecular formula is C37H42ClN3O6S. The molecule has 0 aromatic heterocycles. The Morgan fingerprint density at radius 1 is 0.854 bits per heavy atom. The third kappa shape index (κ3) is 9.08. The minimum absolute atomic E-state index is 0.0748. The molecule has 48 heavy (non-hydrogen) atoms. The van der Waals surface area contributed by atoms with Gasteiger partial charge in [-0.05, 0) is 80.8 Å². The molecule has 1 N–H and O–H groups in total. The van der Waals surface area contributed by atoms with Crippen molar-refractivity contribution in [1.82, 2.24) is 10.2 Å². The third-order valence-electron chi connectivity index (χ3n) is 7.71. The lowest BCUT2D eigenvalue weighted by molar-refractivity contribution is -0.140. The molecule has 0 radical (unpaired) electrons. The Morgan fingerprint density at radius 2 is 1.48 bits per heavy atom. The lowest BCUT2D eigenvalue weighted by atomic mass is 10.00. The van der Waals surface area contributed by atoms with Crippen molar-refractivity contribution in [1.29, 1.82) is 0 Å². The molecule has 2 amide bonds. The van der Waals surface area contributed by atoms with Crippen LogP contribution in [0.3, 0.4) is 0 Å². The molecule has 254 valence electrons. The number of rotatable bonds is 13. The number of methoxy groups -OCH3 is 2. The summed E-state index contributed by atoms with van der Waals surface area (Å²) in [5.74, 6) is -0.358. The first kappa shape index (κ1) is 36.3. The van der Waals surface area contributed by atoms with E-state index in [1.165, 1.54) is 49.5 Å². The first-order valence-corrected chi connectivity index (χ1v) is 17.3. The van der Waals surface area contributed by atoms with Crippen LogP contribution in [-0.2, 0) is 32.6 Å². The van der Waals surface area contributed by atoms with E-state index in [2.05, 4.69) is 5.32 Å². The molecule has 4 aromatic rings. The van der Waals surface area contributed by atoms with Gasteiger partial charge in [-0.15, -0.1) is 0 Å². The summed E-state index contributed by atoms with van der Waals surface area (Å²) in [6.45, 7) is 7.02. The second kappa shape index (κ2) is 15.6. The van der Waals surface area contributed by atoms with Crippen molar-refractivity contribution >= 4 is 39.1 Å². The van der Waals surface area contributed by atoms with Crippen LogP contribution in [0.2, 0.25) is 5.02 Å². The van der Waals surface area contributed by atoms with Gasteiger partial charge in [0, 0.05) is 29.6 Å². The van der Waals surface area contributed by atoms with Crippen molar-refractivity contribution in [2.24, 2.45) is 0 Å². The van der Waals surface area contributed by atoms with Crippen LogP contribution in [0, 0.1) is 6.92 Å². The number of carbonyl (C=O) groups is 2. The normalized spacial score (nSPS) is 12.1. The Bertz CT molecular complexity index is 1830. The van der Waals surface area contributed by atoms with Crippen molar-refractivity contribution in [2.45, 2.75) is 57.1 Å². The molecule has 4 aromatic carbocycles. The van der Waals surface area contributed by atoms with Gasteiger partial charge in [0.2, 0.25) is 11.8 Å². The van der Waals surface area contributed by atoms with Crippen LogP contribution >= 0.6 is 11.6 Å². The minimum Gasteiger partial charge on any atom is -0.493 e. The van der Waals surface area contributed by atoms with Gasteiger partial charge in [-0.2, -0.15) is 0 Å². The largest absolute Gasteiger partial charge is 0.493 e. The van der Waals surface area contributed by atoms with Gasteiger partial charge < -0.3 is 19.7 Å². The maximum atomic E-state index is 14.7. The van der Waals surface area contributed by atoms with Crippen LogP contribution in [0.5, 0.6) is 11.5 Å². The first-order valence-electron chi connectivity index (χ1n) is 15.4. The van der Waals surface area contributed by atoms with Crippen molar-refractivity contribution in [3.8, 4) is 11.5 Å². The van der Waals surface area contributed by atoms with E-state index < -0.39 is 34.1 Å². The molecule has 1 atom stereocenters. The number of aryl methyl sites for hydroxylation is 1. The summed E-state index contributed by atoms with van der Waals surface area (Å²) in [4.78, 5) is 30.1. The zero-order valence-corrected chi connectivity index (χ0v) is 29.6. The Morgan fingerprint density at radius 3 is 2.08 bits per heavy atom. The molecule has 0 bridgehead atoms. The van der Waals surface area contributed by atoms with Crippen molar-refractivity contribution in [3.63, 3.8) is 0 Å². The van der Waals surface area contributed by atoms with Crippen molar-refractivity contribution < 1.29 is 27.5 Å². The van der Waals surface area contributed by atoms with Gasteiger partial charge in [0.15, 0.2) is 11.5 Å². The summed E-state index contributed by atoms with van der Waals surface area (Å²) in [6, 6.07) is 26.5. The minimum atomic E-state index is -4.36. The van der Waals surface area contributed by atoms with Crippen LogP contribution in [0.15, 0.2) is 102 Å². The van der Waals surface area contributed by atoms with Gasteiger partial charge in [-0.25, -0.2) is 8.42 Å². The highest BCUT2D eigenvalue weighted by molar-refractivity contribution is 7.92. The molecule has 0 unspecified atom stereocenters. The zero-order valence-electron chi connectivity index (χ0n) is 28.1. The molecule has 0 aliphatic carbocycles. The van der Waals surface area contributed by atoms with Gasteiger partial charge in [0.25, 0.3) is 10.0 Å². The van der Waals surface area contributed by atoms with Crippen LogP contribution in [0.4, 0.5) is 5.69 Å². The van der Waals surface area contributed by atoms with Gasteiger partial charge in [0.05, 0.1) is 24.8 Å². The van der Waals surface area contributed by atoms with E-state index in [1.54, 1.807) is 12.1 Å². The molecule has 0 saturated heterocycles. The van der Waals surface area contributed by atoms with Crippen LogP contribution < -0.4 is 19.1 Å². The molecule has 0 aliphatic rings. The number of nitrogens with zero attached hydrogens (tertiary/aromatic N) is 2. The number of halogens is 1. The fraction of sp³-hybridized carbons (Fsp3) is 0.297.